The van der Waals surface area contributed by atoms with E-state index >= 15 is 0 Å². The molecule has 1 N–H and O–H groups in total. The van der Waals surface area contributed by atoms with E-state index < -0.39 is 0 Å². The zero-order chi connectivity index (χ0) is 12.3. The van der Waals surface area contributed by atoms with E-state index in [2.05, 4.69) is 11.8 Å². The van der Waals surface area contributed by atoms with E-state index in [9.17, 15) is 5.11 Å². The third-order valence-electron chi connectivity index (χ3n) is 3.26. The monoisotopic (exact) mass is 253 g/mol. The van der Waals surface area contributed by atoms with E-state index in [1.54, 1.807) is 0 Å². The van der Waals surface area contributed by atoms with Crippen molar-refractivity contribution in [2.24, 2.45) is 0 Å². The number of rotatable bonds is 6. The smallest absolute Gasteiger partial charge is 0.0702 e. The predicted octanol–water partition coefficient (Wildman–Crippen LogP) is 3.60. The van der Waals surface area contributed by atoms with E-state index in [4.69, 9.17) is 11.6 Å². The summed E-state index contributed by atoms with van der Waals surface area (Å²) in [6.07, 6.45) is 4.95. The fraction of sp³-hybridized carbons (Fsp3) is 0.571. The minimum Gasteiger partial charge on any atom is -0.392 e. The third-order valence-corrected chi connectivity index (χ3v) is 3.50. The Kier molecular flexibility index (Phi) is 4.30. The highest BCUT2D eigenvalue weighted by Gasteiger charge is 2.29. The lowest BCUT2D eigenvalue weighted by atomic mass is 10.1. The Morgan fingerprint density at radius 2 is 2.18 bits per heavy atom. The molecule has 94 valence electrons. The Bertz CT molecular complexity index is 376. The first kappa shape index (κ1) is 12.7. The highest BCUT2D eigenvalue weighted by Crippen LogP contribution is 2.34. The summed E-state index contributed by atoms with van der Waals surface area (Å²) >= 11 is 5.97. The van der Waals surface area contributed by atoms with Crippen LogP contribution in [0.15, 0.2) is 18.2 Å². The minimum atomic E-state index is 0.0608. The fourth-order valence-corrected chi connectivity index (χ4v) is 2.37. The van der Waals surface area contributed by atoms with Crippen LogP contribution in [0.4, 0.5) is 5.69 Å². The van der Waals surface area contributed by atoms with Gasteiger partial charge >= 0.3 is 0 Å². The SMILES string of the molecule is CCCCN(c1ccc(Cl)cc1CO)C1CC1. The first-order chi connectivity index (χ1) is 8.26. The molecule has 1 aromatic rings. The molecular formula is C14H20ClNO. The molecule has 1 fully saturated rings. The molecule has 3 heteroatoms. The van der Waals surface area contributed by atoms with E-state index in [0.29, 0.717) is 11.1 Å². The van der Waals surface area contributed by atoms with Crippen LogP contribution >= 0.6 is 11.6 Å². The van der Waals surface area contributed by atoms with Crippen molar-refractivity contribution >= 4 is 17.3 Å². The molecule has 1 aromatic carbocycles. The van der Waals surface area contributed by atoms with Crippen molar-refractivity contribution in [3.8, 4) is 0 Å². The second-order valence-corrected chi connectivity index (χ2v) is 5.15. The topological polar surface area (TPSA) is 23.5 Å². The van der Waals surface area contributed by atoms with E-state index in [0.717, 1.165) is 17.8 Å². The second kappa shape index (κ2) is 5.74. The van der Waals surface area contributed by atoms with E-state index in [-0.39, 0.29) is 6.61 Å². The molecule has 1 aliphatic carbocycles. The third kappa shape index (κ3) is 3.14. The number of benzene rings is 1. The molecule has 17 heavy (non-hydrogen) atoms. The molecule has 2 nitrogen and oxygen atoms in total. The molecule has 1 saturated carbocycles. The van der Waals surface area contributed by atoms with Crippen LogP contribution in [-0.2, 0) is 6.61 Å². The van der Waals surface area contributed by atoms with Gasteiger partial charge in [-0.1, -0.05) is 24.9 Å². The summed E-state index contributed by atoms with van der Waals surface area (Å²) in [6.45, 7) is 3.35. The summed E-state index contributed by atoms with van der Waals surface area (Å²) in [7, 11) is 0. The summed E-state index contributed by atoms with van der Waals surface area (Å²) in [5.41, 5.74) is 2.10. The van der Waals surface area contributed by atoms with Gasteiger partial charge in [-0.3, -0.25) is 0 Å². The van der Waals surface area contributed by atoms with Crippen molar-refractivity contribution in [1.82, 2.24) is 0 Å². The Morgan fingerprint density at radius 1 is 1.41 bits per heavy atom. The first-order valence-corrected chi connectivity index (χ1v) is 6.80. The lowest BCUT2D eigenvalue weighted by Crippen LogP contribution is -2.27. The van der Waals surface area contributed by atoms with E-state index in [1.165, 1.54) is 25.7 Å². The molecule has 0 unspecified atom stereocenters. The summed E-state index contributed by atoms with van der Waals surface area (Å²) in [6, 6.07) is 6.50. The number of aliphatic hydroxyl groups excluding tert-OH is 1. The maximum atomic E-state index is 9.43. The number of aliphatic hydroxyl groups is 1. The van der Waals surface area contributed by atoms with Crippen LogP contribution in [0, 0.1) is 0 Å². The van der Waals surface area contributed by atoms with Crippen LogP contribution in [0.3, 0.4) is 0 Å². The van der Waals surface area contributed by atoms with Crippen LogP contribution in [0.2, 0.25) is 5.02 Å². The van der Waals surface area contributed by atoms with Gasteiger partial charge in [-0.25, -0.2) is 0 Å². The van der Waals surface area contributed by atoms with Gasteiger partial charge in [0.25, 0.3) is 0 Å². The van der Waals surface area contributed by atoms with Gasteiger partial charge in [0.05, 0.1) is 6.61 Å². The maximum absolute atomic E-state index is 9.43. The molecule has 0 aliphatic heterocycles. The lowest BCUT2D eigenvalue weighted by molar-refractivity contribution is 0.282. The molecule has 2 rings (SSSR count). The number of halogens is 1. The normalized spacial score (nSPS) is 15.0. The summed E-state index contributed by atoms with van der Waals surface area (Å²) < 4.78 is 0. The summed E-state index contributed by atoms with van der Waals surface area (Å²) in [5, 5.41) is 10.1. The minimum absolute atomic E-state index is 0.0608. The van der Waals surface area contributed by atoms with Gasteiger partial charge in [-0.15, -0.1) is 0 Å². The molecular weight excluding hydrogens is 234 g/mol. The Labute approximate surface area is 108 Å². The number of unbranched alkanes of at least 4 members (excludes halogenated alkanes) is 1. The van der Waals surface area contributed by atoms with Crippen LogP contribution in [-0.4, -0.2) is 17.7 Å². The van der Waals surface area contributed by atoms with Crippen molar-refractivity contribution in [2.75, 3.05) is 11.4 Å². The zero-order valence-corrected chi connectivity index (χ0v) is 11.1. The second-order valence-electron chi connectivity index (χ2n) is 4.71. The van der Waals surface area contributed by atoms with Gasteiger partial charge in [0, 0.05) is 28.9 Å². The van der Waals surface area contributed by atoms with Crippen molar-refractivity contribution < 1.29 is 5.11 Å². The van der Waals surface area contributed by atoms with E-state index in [1.807, 2.05) is 18.2 Å². The average Bonchev–Trinajstić information content (AvgIpc) is 3.15. The molecule has 0 aromatic heterocycles. The quantitative estimate of drug-likeness (QED) is 0.837. The largest absolute Gasteiger partial charge is 0.392 e. The predicted molar refractivity (Wildman–Crippen MR) is 72.7 cm³/mol. The molecule has 0 atom stereocenters. The van der Waals surface area contributed by atoms with Gasteiger partial charge in [-0.2, -0.15) is 0 Å². The lowest BCUT2D eigenvalue weighted by Gasteiger charge is -2.27. The average molecular weight is 254 g/mol. The molecule has 0 amide bonds. The highest BCUT2D eigenvalue weighted by molar-refractivity contribution is 6.30. The fourth-order valence-electron chi connectivity index (χ4n) is 2.18. The Balaban J connectivity index is 2.21. The first-order valence-electron chi connectivity index (χ1n) is 6.42. The number of hydrogen-bond donors (Lipinski definition) is 1. The zero-order valence-electron chi connectivity index (χ0n) is 10.3. The number of anilines is 1. The van der Waals surface area contributed by atoms with Crippen LogP contribution in [0.5, 0.6) is 0 Å². The van der Waals surface area contributed by atoms with Crippen molar-refractivity contribution in [3.05, 3.63) is 28.8 Å². The van der Waals surface area contributed by atoms with Gasteiger partial charge < -0.3 is 10.0 Å². The van der Waals surface area contributed by atoms with Crippen LogP contribution in [0.1, 0.15) is 38.2 Å². The molecule has 0 saturated heterocycles. The van der Waals surface area contributed by atoms with Crippen LogP contribution in [0.25, 0.3) is 0 Å². The molecule has 0 heterocycles. The Morgan fingerprint density at radius 3 is 2.76 bits per heavy atom. The van der Waals surface area contributed by atoms with Gasteiger partial charge in [0.2, 0.25) is 0 Å². The van der Waals surface area contributed by atoms with Gasteiger partial charge in [0.15, 0.2) is 0 Å². The van der Waals surface area contributed by atoms with Crippen LogP contribution < -0.4 is 4.90 Å². The standard InChI is InChI=1S/C14H20ClNO/c1-2-3-8-16(13-5-6-13)14-7-4-12(15)9-11(14)10-17/h4,7,9,13,17H,2-3,5-6,8,10H2,1H3. The maximum Gasteiger partial charge on any atom is 0.0702 e. The number of nitrogens with zero attached hydrogens (tertiary/aromatic N) is 1. The number of hydrogen-bond acceptors (Lipinski definition) is 2. The highest BCUT2D eigenvalue weighted by atomic mass is 35.5. The Hall–Kier alpha value is -0.730. The molecule has 0 spiro atoms. The molecule has 1 aliphatic rings. The molecule has 0 bridgehead atoms. The van der Waals surface area contributed by atoms with Crippen molar-refractivity contribution in [1.29, 1.82) is 0 Å². The van der Waals surface area contributed by atoms with Gasteiger partial charge in [-0.05, 0) is 37.5 Å². The van der Waals surface area contributed by atoms with Crippen molar-refractivity contribution in [2.45, 2.75) is 45.3 Å². The molecule has 0 radical (unpaired) electrons. The van der Waals surface area contributed by atoms with Crippen molar-refractivity contribution in [3.63, 3.8) is 0 Å². The van der Waals surface area contributed by atoms with Gasteiger partial charge in [0.1, 0.15) is 0 Å². The summed E-state index contributed by atoms with van der Waals surface area (Å²) in [5.74, 6) is 0. The summed E-state index contributed by atoms with van der Waals surface area (Å²) in [4.78, 5) is 2.44.